The summed E-state index contributed by atoms with van der Waals surface area (Å²) in [5.41, 5.74) is -0.0206. The van der Waals surface area contributed by atoms with Crippen LogP contribution in [0.3, 0.4) is 0 Å². The molecule has 0 saturated heterocycles. The Bertz CT molecular complexity index is 343. The van der Waals surface area contributed by atoms with Gasteiger partial charge in [-0.3, -0.25) is 10.1 Å². The number of thiol groups is 1. The lowest BCUT2D eigenvalue weighted by Gasteiger charge is -2.00. The van der Waals surface area contributed by atoms with Gasteiger partial charge in [0.1, 0.15) is 0 Å². The van der Waals surface area contributed by atoms with E-state index >= 15 is 0 Å². The van der Waals surface area contributed by atoms with Gasteiger partial charge in [0.05, 0.1) is 14.3 Å². The maximum Gasteiger partial charge on any atom is 0.297 e. The summed E-state index contributed by atoms with van der Waals surface area (Å²) in [6.07, 6.45) is 0. The summed E-state index contributed by atoms with van der Waals surface area (Å²) in [6.45, 7) is 0. The third-order valence-electron chi connectivity index (χ3n) is 1.24. The number of nitro groups is 1. The summed E-state index contributed by atoms with van der Waals surface area (Å²) in [6, 6.07) is 3.29. The van der Waals surface area contributed by atoms with Crippen LogP contribution < -0.4 is 0 Å². The molecule has 0 heterocycles. The van der Waals surface area contributed by atoms with Crippen LogP contribution in [-0.4, -0.2) is 4.92 Å². The van der Waals surface area contributed by atoms with Crippen molar-refractivity contribution in [2.24, 2.45) is 0 Å². The fourth-order valence-corrected chi connectivity index (χ4v) is 1.93. The molecule has 0 fully saturated rings. The van der Waals surface area contributed by atoms with Gasteiger partial charge in [-0.2, -0.15) is 0 Å². The monoisotopic (exact) mass is 311 g/mol. The average Bonchev–Trinajstić information content (AvgIpc) is 1.97. The molecule has 64 valence electrons. The van der Waals surface area contributed by atoms with Crippen LogP contribution in [-0.2, 0) is 0 Å². The van der Waals surface area contributed by atoms with Crippen molar-refractivity contribution in [3.63, 3.8) is 0 Å². The maximum atomic E-state index is 10.5. The zero-order chi connectivity index (χ0) is 9.30. The fourth-order valence-electron chi connectivity index (χ4n) is 0.704. The maximum absolute atomic E-state index is 10.5. The lowest BCUT2D eigenvalue weighted by Crippen LogP contribution is -1.91. The van der Waals surface area contributed by atoms with E-state index in [1.807, 2.05) is 0 Å². The number of rotatable bonds is 1. The molecule has 0 saturated carbocycles. The second-order valence-corrected chi connectivity index (χ2v) is 4.14. The first-order chi connectivity index (χ1) is 5.54. The molecule has 0 radical (unpaired) electrons. The normalized spacial score (nSPS) is 9.92. The Morgan fingerprint density at radius 1 is 1.33 bits per heavy atom. The topological polar surface area (TPSA) is 43.1 Å². The first-order valence-electron chi connectivity index (χ1n) is 2.85. The second kappa shape index (κ2) is 3.76. The molecule has 0 spiro atoms. The lowest BCUT2D eigenvalue weighted by atomic mass is 10.3. The summed E-state index contributed by atoms with van der Waals surface area (Å²) < 4.78 is 1.04. The van der Waals surface area contributed by atoms with Gasteiger partial charge in [0.15, 0.2) is 0 Å². The van der Waals surface area contributed by atoms with E-state index < -0.39 is 4.92 Å². The van der Waals surface area contributed by atoms with Gasteiger partial charge in [-0.25, -0.2) is 0 Å². The van der Waals surface area contributed by atoms with Crippen molar-refractivity contribution in [1.29, 1.82) is 0 Å². The van der Waals surface area contributed by atoms with Crippen molar-refractivity contribution in [3.05, 3.63) is 31.2 Å². The third kappa shape index (κ3) is 1.81. The van der Waals surface area contributed by atoms with E-state index in [-0.39, 0.29) is 5.69 Å². The molecule has 0 aliphatic rings. The lowest BCUT2D eigenvalue weighted by molar-refractivity contribution is -0.388. The van der Waals surface area contributed by atoms with E-state index in [9.17, 15) is 10.1 Å². The fraction of sp³-hybridized carbons (Fsp3) is 0. The zero-order valence-corrected chi connectivity index (χ0v) is 9.69. The summed E-state index contributed by atoms with van der Waals surface area (Å²) in [5, 5.41) is 10.5. The Hall–Kier alpha value is -0.0700. The average molecular weight is 313 g/mol. The Morgan fingerprint density at radius 3 is 2.25 bits per heavy atom. The molecule has 0 atom stereocenters. The zero-order valence-electron chi connectivity index (χ0n) is 5.62. The summed E-state index contributed by atoms with van der Waals surface area (Å²) in [7, 11) is 0. The number of nitrogens with zero attached hydrogens (tertiary/aromatic N) is 1. The second-order valence-electron chi connectivity index (χ2n) is 1.98. The van der Waals surface area contributed by atoms with Crippen molar-refractivity contribution in [2.75, 3.05) is 0 Å². The summed E-state index contributed by atoms with van der Waals surface area (Å²) >= 11 is 10.2. The molecular weight excluding hydrogens is 310 g/mol. The first-order valence-corrected chi connectivity index (χ1v) is 4.88. The van der Waals surface area contributed by atoms with E-state index in [4.69, 9.17) is 0 Å². The Kier molecular flexibility index (Phi) is 3.14. The van der Waals surface area contributed by atoms with E-state index in [0.717, 1.165) is 0 Å². The molecular formula is C6H3Br2NO2S. The van der Waals surface area contributed by atoms with Crippen LogP contribution in [0.25, 0.3) is 0 Å². The third-order valence-corrected chi connectivity index (χ3v) is 3.30. The van der Waals surface area contributed by atoms with Gasteiger partial charge in [-0.1, -0.05) is 0 Å². The SMILES string of the molecule is O=[N+]([O-])c1c(Br)ccc(Br)c1S. The van der Waals surface area contributed by atoms with Crippen molar-refractivity contribution < 1.29 is 4.92 Å². The predicted octanol–water partition coefficient (Wildman–Crippen LogP) is 3.41. The van der Waals surface area contributed by atoms with Crippen molar-refractivity contribution in [2.45, 2.75) is 4.90 Å². The van der Waals surface area contributed by atoms with Gasteiger partial charge >= 0.3 is 0 Å². The number of halogens is 2. The molecule has 0 aromatic heterocycles. The van der Waals surface area contributed by atoms with Crippen molar-refractivity contribution in [3.8, 4) is 0 Å². The number of hydrogen-bond acceptors (Lipinski definition) is 3. The summed E-state index contributed by atoms with van der Waals surface area (Å²) in [5.74, 6) is 0. The number of hydrogen-bond donors (Lipinski definition) is 1. The van der Waals surface area contributed by atoms with Crippen LogP contribution in [0.2, 0.25) is 0 Å². The van der Waals surface area contributed by atoms with Gasteiger partial charge in [-0.15, -0.1) is 12.6 Å². The molecule has 12 heavy (non-hydrogen) atoms. The van der Waals surface area contributed by atoms with Gasteiger partial charge in [0.25, 0.3) is 5.69 Å². The minimum atomic E-state index is -0.475. The van der Waals surface area contributed by atoms with Crippen molar-refractivity contribution in [1.82, 2.24) is 0 Å². The standard InChI is InChI=1S/C6H3Br2NO2S/c7-3-1-2-4(8)6(12)5(3)9(10)11/h1-2,12H. The Balaban J connectivity index is 3.43. The van der Waals surface area contributed by atoms with E-state index in [2.05, 4.69) is 44.5 Å². The Morgan fingerprint density at radius 2 is 1.83 bits per heavy atom. The largest absolute Gasteiger partial charge is 0.297 e. The highest BCUT2D eigenvalue weighted by atomic mass is 79.9. The van der Waals surface area contributed by atoms with Gasteiger partial charge < -0.3 is 0 Å². The highest BCUT2D eigenvalue weighted by molar-refractivity contribution is 9.11. The molecule has 0 amide bonds. The molecule has 0 bridgehead atoms. The molecule has 1 aromatic rings. The molecule has 1 aromatic carbocycles. The van der Waals surface area contributed by atoms with E-state index in [1.165, 1.54) is 0 Å². The molecule has 3 nitrogen and oxygen atoms in total. The highest BCUT2D eigenvalue weighted by Crippen LogP contribution is 2.36. The highest BCUT2D eigenvalue weighted by Gasteiger charge is 2.17. The van der Waals surface area contributed by atoms with Crippen LogP contribution in [0.5, 0.6) is 0 Å². The molecule has 0 N–H and O–H groups in total. The van der Waals surface area contributed by atoms with Crippen molar-refractivity contribution >= 4 is 50.2 Å². The number of nitro benzene ring substituents is 1. The predicted molar refractivity (Wildman–Crippen MR) is 55.7 cm³/mol. The molecule has 0 aliphatic heterocycles. The summed E-state index contributed by atoms with van der Waals surface area (Å²) in [4.78, 5) is 10.4. The van der Waals surface area contributed by atoms with E-state index in [1.54, 1.807) is 12.1 Å². The van der Waals surface area contributed by atoms with Crippen LogP contribution >= 0.6 is 44.5 Å². The molecule has 0 unspecified atom stereocenters. The molecule has 6 heteroatoms. The van der Waals surface area contributed by atoms with E-state index in [0.29, 0.717) is 13.8 Å². The molecule has 1 rings (SSSR count). The number of benzene rings is 1. The smallest absolute Gasteiger partial charge is 0.258 e. The van der Waals surface area contributed by atoms with Gasteiger partial charge in [0.2, 0.25) is 0 Å². The Labute approximate surface area is 91.0 Å². The van der Waals surface area contributed by atoms with Crippen LogP contribution in [0, 0.1) is 10.1 Å². The minimum Gasteiger partial charge on any atom is -0.258 e. The first kappa shape index (κ1) is 10.0. The van der Waals surface area contributed by atoms with Crippen LogP contribution in [0.1, 0.15) is 0 Å². The van der Waals surface area contributed by atoms with Crippen LogP contribution in [0.4, 0.5) is 5.69 Å². The molecule has 0 aliphatic carbocycles. The minimum absolute atomic E-state index is 0.0206. The van der Waals surface area contributed by atoms with Gasteiger partial charge in [-0.05, 0) is 44.0 Å². The quantitative estimate of drug-likeness (QED) is 0.490. The van der Waals surface area contributed by atoms with Gasteiger partial charge in [0, 0.05) is 4.47 Å². The van der Waals surface area contributed by atoms with Crippen LogP contribution in [0.15, 0.2) is 26.0 Å².